The van der Waals surface area contributed by atoms with Crippen LogP contribution < -0.4 is 10.9 Å². The Bertz CT molecular complexity index is 853. The maximum Gasteiger partial charge on any atom is 0.271 e. The Morgan fingerprint density at radius 1 is 1.24 bits per heavy atom. The average Bonchev–Trinajstić information content (AvgIpc) is 3.42. The lowest BCUT2D eigenvalue weighted by atomic mass is 9.91. The molecule has 25 heavy (non-hydrogen) atoms. The largest absolute Gasteiger partial charge is 0.348 e. The summed E-state index contributed by atoms with van der Waals surface area (Å²) in [6.45, 7) is 2.69. The molecule has 0 radical (unpaired) electrons. The van der Waals surface area contributed by atoms with Crippen molar-refractivity contribution in [1.29, 1.82) is 0 Å². The summed E-state index contributed by atoms with van der Waals surface area (Å²) in [6, 6.07) is 3.65. The fourth-order valence-electron chi connectivity index (χ4n) is 3.48. The van der Waals surface area contributed by atoms with E-state index in [0.717, 1.165) is 37.2 Å². The van der Waals surface area contributed by atoms with Gasteiger partial charge in [0.1, 0.15) is 5.69 Å². The summed E-state index contributed by atoms with van der Waals surface area (Å²) in [5, 5.41) is 3.05. The lowest BCUT2D eigenvalue weighted by Crippen LogP contribution is -2.41. The molecule has 2 aliphatic carbocycles. The minimum absolute atomic E-state index is 0.0648. The van der Waals surface area contributed by atoms with Crippen LogP contribution in [0.2, 0.25) is 0 Å². The van der Waals surface area contributed by atoms with Crippen LogP contribution in [-0.2, 0) is 19.4 Å². The second-order valence-electron chi connectivity index (χ2n) is 7.15. The summed E-state index contributed by atoms with van der Waals surface area (Å²) < 4.78 is 1.95. The van der Waals surface area contributed by atoms with E-state index in [4.69, 9.17) is 0 Å². The number of hydrogen-bond acceptors (Lipinski definition) is 4. The van der Waals surface area contributed by atoms with Gasteiger partial charge >= 0.3 is 0 Å². The van der Waals surface area contributed by atoms with E-state index in [-0.39, 0.29) is 17.5 Å². The zero-order valence-electron chi connectivity index (χ0n) is 14.4. The number of nitrogens with zero attached hydrogens (tertiary/aromatic N) is 3. The van der Waals surface area contributed by atoms with Crippen LogP contribution in [0.15, 0.2) is 29.3 Å². The van der Waals surface area contributed by atoms with E-state index in [0.29, 0.717) is 11.6 Å². The Morgan fingerprint density at radius 2 is 2.08 bits per heavy atom. The summed E-state index contributed by atoms with van der Waals surface area (Å²) in [7, 11) is 0. The van der Waals surface area contributed by atoms with Gasteiger partial charge in [0.25, 0.3) is 11.5 Å². The molecule has 2 heterocycles. The highest BCUT2D eigenvalue weighted by atomic mass is 16.2. The van der Waals surface area contributed by atoms with Crippen molar-refractivity contribution in [3.63, 3.8) is 0 Å². The lowest BCUT2D eigenvalue weighted by Gasteiger charge is -2.27. The smallest absolute Gasteiger partial charge is 0.271 e. The number of fused-ring (bicyclic) bond motifs is 1. The molecule has 4 rings (SSSR count). The molecule has 130 valence electrons. The summed E-state index contributed by atoms with van der Waals surface area (Å²) >= 11 is 0. The van der Waals surface area contributed by atoms with Crippen molar-refractivity contribution < 1.29 is 4.79 Å². The van der Waals surface area contributed by atoms with Crippen LogP contribution in [0.3, 0.4) is 0 Å². The Kier molecular flexibility index (Phi) is 4.11. The van der Waals surface area contributed by atoms with E-state index < -0.39 is 0 Å². The summed E-state index contributed by atoms with van der Waals surface area (Å²) in [5.74, 6) is 0.481. The van der Waals surface area contributed by atoms with Crippen LogP contribution in [0, 0.1) is 12.8 Å². The highest BCUT2D eigenvalue weighted by molar-refractivity contribution is 5.92. The van der Waals surface area contributed by atoms with E-state index in [2.05, 4.69) is 15.3 Å². The molecular formula is C19H22N4O2. The van der Waals surface area contributed by atoms with Crippen molar-refractivity contribution in [2.45, 2.75) is 51.6 Å². The molecule has 0 spiro atoms. The van der Waals surface area contributed by atoms with E-state index >= 15 is 0 Å². The number of pyridine rings is 1. The van der Waals surface area contributed by atoms with Gasteiger partial charge in [-0.3, -0.25) is 14.6 Å². The first-order valence-electron chi connectivity index (χ1n) is 8.91. The third-order valence-electron chi connectivity index (χ3n) is 5.07. The van der Waals surface area contributed by atoms with Crippen molar-refractivity contribution >= 4 is 5.91 Å². The minimum atomic E-state index is -0.188. The van der Waals surface area contributed by atoms with Gasteiger partial charge in [0.05, 0.1) is 11.9 Å². The molecule has 1 N–H and O–H groups in total. The first kappa shape index (κ1) is 16.0. The van der Waals surface area contributed by atoms with Gasteiger partial charge in [0.15, 0.2) is 0 Å². The van der Waals surface area contributed by atoms with Crippen LogP contribution in [0.1, 0.15) is 46.7 Å². The van der Waals surface area contributed by atoms with Crippen LogP contribution in [0.4, 0.5) is 0 Å². The number of aromatic nitrogens is 3. The van der Waals surface area contributed by atoms with Crippen molar-refractivity contribution in [3.8, 4) is 0 Å². The predicted octanol–water partition coefficient (Wildman–Crippen LogP) is 1.64. The van der Waals surface area contributed by atoms with Crippen molar-refractivity contribution in [1.82, 2.24) is 19.9 Å². The monoisotopic (exact) mass is 338 g/mol. The van der Waals surface area contributed by atoms with Crippen LogP contribution >= 0.6 is 0 Å². The molecule has 2 aliphatic rings. The maximum absolute atomic E-state index is 12.3. The number of rotatable bonds is 4. The summed E-state index contributed by atoms with van der Waals surface area (Å²) in [6.07, 6.45) is 7.98. The number of carbonyl (C=O) groups excluding carboxylic acids is 1. The first-order valence-corrected chi connectivity index (χ1v) is 8.91. The van der Waals surface area contributed by atoms with Crippen LogP contribution in [0.25, 0.3) is 0 Å². The van der Waals surface area contributed by atoms with Gasteiger partial charge < -0.3 is 9.88 Å². The standard InChI is InChI=1S/C19H22N4O2/c1-12-9-21-16(10-20-12)19(25)22-15-5-6-17-14(8-15)4-7-18(24)23(17)11-13-2-3-13/h4,7,9-10,13,15H,2-3,5-6,8,11H2,1H3,(H,22,25)/t15-/m0/s1. The normalized spacial score (nSPS) is 19.3. The second kappa shape index (κ2) is 6.43. The molecule has 6 nitrogen and oxygen atoms in total. The molecular weight excluding hydrogens is 316 g/mol. The van der Waals surface area contributed by atoms with Gasteiger partial charge in [-0.1, -0.05) is 6.07 Å². The molecule has 0 unspecified atom stereocenters. The fraction of sp³-hybridized carbons (Fsp3) is 0.474. The summed E-state index contributed by atoms with van der Waals surface area (Å²) in [4.78, 5) is 32.8. The average molecular weight is 338 g/mol. The number of hydrogen-bond donors (Lipinski definition) is 1. The van der Waals surface area contributed by atoms with Gasteiger partial charge in [-0.05, 0) is 50.5 Å². The molecule has 0 bridgehead atoms. The van der Waals surface area contributed by atoms with Gasteiger partial charge in [-0.2, -0.15) is 0 Å². The van der Waals surface area contributed by atoms with Gasteiger partial charge in [-0.25, -0.2) is 4.98 Å². The summed E-state index contributed by atoms with van der Waals surface area (Å²) in [5.41, 5.74) is 3.56. The molecule has 1 fully saturated rings. The zero-order valence-corrected chi connectivity index (χ0v) is 14.4. The molecule has 1 amide bonds. The number of amides is 1. The highest BCUT2D eigenvalue weighted by Crippen LogP contribution is 2.31. The number of carbonyl (C=O) groups is 1. The molecule has 2 aromatic heterocycles. The van der Waals surface area contributed by atoms with Gasteiger partial charge in [0.2, 0.25) is 0 Å². The van der Waals surface area contributed by atoms with Crippen LogP contribution in [0.5, 0.6) is 0 Å². The third kappa shape index (κ3) is 3.48. The SMILES string of the molecule is Cc1cnc(C(=O)N[C@H]2CCc3c(ccc(=O)n3CC3CC3)C2)cn1. The van der Waals surface area contributed by atoms with E-state index in [9.17, 15) is 9.59 Å². The highest BCUT2D eigenvalue weighted by Gasteiger charge is 2.27. The minimum Gasteiger partial charge on any atom is -0.348 e. The second-order valence-corrected chi connectivity index (χ2v) is 7.15. The Balaban J connectivity index is 1.48. The molecule has 0 aliphatic heterocycles. The van der Waals surface area contributed by atoms with Crippen molar-refractivity contribution in [2.75, 3.05) is 0 Å². The van der Waals surface area contributed by atoms with E-state index in [1.165, 1.54) is 24.6 Å². The quantitative estimate of drug-likeness (QED) is 0.919. The third-order valence-corrected chi connectivity index (χ3v) is 5.07. The lowest BCUT2D eigenvalue weighted by molar-refractivity contribution is 0.0928. The first-order chi connectivity index (χ1) is 12.1. The number of nitrogens with one attached hydrogen (secondary N) is 1. The molecule has 0 aromatic carbocycles. The van der Waals surface area contributed by atoms with E-state index in [1.807, 2.05) is 17.6 Å². The predicted molar refractivity (Wildman–Crippen MR) is 93.5 cm³/mol. The van der Waals surface area contributed by atoms with Crippen molar-refractivity contribution in [2.24, 2.45) is 5.92 Å². The van der Waals surface area contributed by atoms with Crippen LogP contribution in [-0.4, -0.2) is 26.5 Å². The molecule has 0 saturated heterocycles. The van der Waals surface area contributed by atoms with Gasteiger partial charge in [-0.15, -0.1) is 0 Å². The molecule has 6 heteroatoms. The maximum atomic E-state index is 12.3. The Morgan fingerprint density at radius 3 is 2.80 bits per heavy atom. The number of aryl methyl sites for hydroxylation is 1. The zero-order chi connectivity index (χ0) is 17.4. The Labute approximate surface area is 146 Å². The topological polar surface area (TPSA) is 76.9 Å². The van der Waals surface area contributed by atoms with Crippen molar-refractivity contribution in [3.05, 3.63) is 57.5 Å². The van der Waals surface area contributed by atoms with Gasteiger partial charge in [0, 0.05) is 30.5 Å². The molecule has 1 atom stereocenters. The molecule has 2 aromatic rings. The molecule has 1 saturated carbocycles. The fourth-order valence-corrected chi connectivity index (χ4v) is 3.48. The van der Waals surface area contributed by atoms with E-state index in [1.54, 1.807) is 12.3 Å². The Hall–Kier alpha value is -2.50.